The minimum absolute atomic E-state index is 0.00703. The Balaban J connectivity index is 1.95. The molecule has 1 aliphatic rings. The normalized spacial score (nSPS) is 16.8. The zero-order valence-corrected chi connectivity index (χ0v) is 18.9. The summed E-state index contributed by atoms with van der Waals surface area (Å²) in [6.45, 7) is 8.20. The number of hydrogen-bond acceptors (Lipinski definition) is 6. The number of ether oxygens (including phenoxy) is 1. The average Bonchev–Trinajstić information content (AvgIpc) is 3.34. The third-order valence-electron chi connectivity index (χ3n) is 5.34. The number of furan rings is 1. The molecular formula is C24H24N2O4S. The smallest absolute Gasteiger partial charge is 0.338 e. The SMILES string of the molecule is COC(=O)C1=C(C)N=c2s/c(=C\c3ccco3)c(=O)n2[C@@H]1c1ccc(C(C)(C)C)cc1. The molecule has 1 atom stereocenters. The third-order valence-corrected chi connectivity index (χ3v) is 6.32. The van der Waals surface area contributed by atoms with E-state index in [1.54, 1.807) is 36.0 Å². The Morgan fingerprint density at radius 1 is 1.23 bits per heavy atom. The quantitative estimate of drug-likeness (QED) is 0.591. The van der Waals surface area contributed by atoms with Crippen LogP contribution in [-0.2, 0) is 14.9 Å². The van der Waals surface area contributed by atoms with Gasteiger partial charge in [0.2, 0.25) is 0 Å². The number of benzene rings is 1. The molecule has 0 spiro atoms. The van der Waals surface area contributed by atoms with Crippen molar-refractivity contribution in [2.45, 2.75) is 39.2 Å². The molecule has 0 N–H and O–H groups in total. The van der Waals surface area contributed by atoms with E-state index in [4.69, 9.17) is 9.15 Å². The number of fused-ring (bicyclic) bond motifs is 1. The van der Waals surface area contributed by atoms with E-state index in [-0.39, 0.29) is 11.0 Å². The predicted octanol–water partition coefficient (Wildman–Crippen LogP) is 3.30. The van der Waals surface area contributed by atoms with Crippen LogP contribution >= 0.6 is 11.3 Å². The highest BCUT2D eigenvalue weighted by molar-refractivity contribution is 7.07. The van der Waals surface area contributed by atoms with Crippen molar-refractivity contribution in [3.8, 4) is 0 Å². The largest absolute Gasteiger partial charge is 0.466 e. The minimum Gasteiger partial charge on any atom is -0.466 e. The van der Waals surface area contributed by atoms with Crippen molar-refractivity contribution >= 4 is 23.4 Å². The first-order chi connectivity index (χ1) is 14.7. The van der Waals surface area contributed by atoms with Crippen LogP contribution in [0, 0.1) is 0 Å². The van der Waals surface area contributed by atoms with Gasteiger partial charge >= 0.3 is 5.97 Å². The highest BCUT2D eigenvalue weighted by atomic mass is 32.1. The molecule has 3 heterocycles. The highest BCUT2D eigenvalue weighted by Crippen LogP contribution is 2.32. The molecule has 0 aliphatic carbocycles. The van der Waals surface area contributed by atoms with Crippen molar-refractivity contribution in [2.24, 2.45) is 4.99 Å². The zero-order valence-electron chi connectivity index (χ0n) is 18.1. The summed E-state index contributed by atoms with van der Waals surface area (Å²) in [6, 6.07) is 11.0. The Morgan fingerprint density at radius 3 is 2.52 bits per heavy atom. The van der Waals surface area contributed by atoms with Crippen LogP contribution < -0.4 is 14.9 Å². The second kappa shape index (κ2) is 7.81. The Hall–Kier alpha value is -3.19. The lowest BCUT2D eigenvalue weighted by Gasteiger charge is -2.25. The molecule has 160 valence electrons. The molecule has 3 aromatic rings. The Bertz CT molecular complexity index is 1330. The van der Waals surface area contributed by atoms with Crippen molar-refractivity contribution in [1.82, 2.24) is 4.57 Å². The summed E-state index contributed by atoms with van der Waals surface area (Å²) in [6.07, 6.45) is 3.25. The number of aromatic nitrogens is 1. The lowest BCUT2D eigenvalue weighted by atomic mass is 9.85. The molecule has 0 bridgehead atoms. The molecule has 0 fully saturated rings. The molecule has 0 saturated carbocycles. The highest BCUT2D eigenvalue weighted by Gasteiger charge is 2.33. The second-order valence-electron chi connectivity index (χ2n) is 8.46. The molecular weight excluding hydrogens is 412 g/mol. The molecule has 1 aromatic carbocycles. The van der Waals surface area contributed by atoms with E-state index in [1.165, 1.54) is 24.0 Å². The molecule has 7 heteroatoms. The fourth-order valence-electron chi connectivity index (χ4n) is 3.68. The summed E-state index contributed by atoms with van der Waals surface area (Å²) in [4.78, 5) is 31.2. The number of hydrogen-bond donors (Lipinski definition) is 0. The summed E-state index contributed by atoms with van der Waals surface area (Å²) in [7, 11) is 1.34. The van der Waals surface area contributed by atoms with Gasteiger partial charge in [-0.2, -0.15) is 0 Å². The van der Waals surface area contributed by atoms with Gasteiger partial charge < -0.3 is 9.15 Å². The Kier molecular flexibility index (Phi) is 5.31. The average molecular weight is 437 g/mol. The summed E-state index contributed by atoms with van der Waals surface area (Å²) in [5, 5.41) is 0. The predicted molar refractivity (Wildman–Crippen MR) is 120 cm³/mol. The van der Waals surface area contributed by atoms with E-state index in [2.05, 4.69) is 25.8 Å². The van der Waals surface area contributed by atoms with Crippen LogP contribution in [0.15, 0.2) is 68.1 Å². The van der Waals surface area contributed by atoms with Gasteiger partial charge in [0.15, 0.2) is 4.80 Å². The zero-order chi connectivity index (χ0) is 22.3. The number of carbonyl (C=O) groups is 1. The third kappa shape index (κ3) is 3.81. The van der Waals surface area contributed by atoms with Crippen molar-refractivity contribution in [2.75, 3.05) is 7.11 Å². The number of carbonyl (C=O) groups excluding carboxylic acids is 1. The molecule has 4 rings (SSSR count). The number of nitrogens with zero attached hydrogens (tertiary/aromatic N) is 2. The summed E-state index contributed by atoms with van der Waals surface area (Å²) >= 11 is 1.27. The fourth-order valence-corrected chi connectivity index (χ4v) is 4.70. The van der Waals surface area contributed by atoms with Crippen LogP contribution in [0.5, 0.6) is 0 Å². The fraction of sp³-hybridized carbons (Fsp3) is 0.292. The van der Waals surface area contributed by atoms with E-state index in [1.807, 2.05) is 24.3 Å². The number of methoxy groups -OCH3 is 1. The van der Waals surface area contributed by atoms with Gasteiger partial charge in [0.1, 0.15) is 5.76 Å². The van der Waals surface area contributed by atoms with Crippen LogP contribution in [0.3, 0.4) is 0 Å². The van der Waals surface area contributed by atoms with Crippen molar-refractivity contribution in [3.63, 3.8) is 0 Å². The van der Waals surface area contributed by atoms with Gasteiger partial charge in [0, 0.05) is 6.08 Å². The summed E-state index contributed by atoms with van der Waals surface area (Å²) < 4.78 is 12.5. The molecule has 0 amide bonds. The van der Waals surface area contributed by atoms with E-state index in [0.717, 1.165) is 5.56 Å². The van der Waals surface area contributed by atoms with Crippen molar-refractivity contribution < 1.29 is 13.9 Å². The standard InChI is InChI=1S/C24H24N2O4S/c1-14-19(22(28)29-5)20(15-8-10-16(11-9-15)24(2,3)4)26-21(27)18(31-23(26)25-14)13-17-7-6-12-30-17/h6-13,20H,1-5H3/b18-13-/t20-/m1/s1. The maximum absolute atomic E-state index is 13.4. The molecule has 31 heavy (non-hydrogen) atoms. The molecule has 0 radical (unpaired) electrons. The molecule has 1 aliphatic heterocycles. The number of thiazole rings is 1. The first-order valence-corrected chi connectivity index (χ1v) is 10.8. The first kappa shape index (κ1) is 21.1. The van der Waals surface area contributed by atoms with E-state index >= 15 is 0 Å². The monoisotopic (exact) mass is 436 g/mol. The maximum atomic E-state index is 13.4. The summed E-state index contributed by atoms with van der Waals surface area (Å²) in [5.74, 6) is 0.0895. The van der Waals surface area contributed by atoms with Gasteiger partial charge in [0.05, 0.1) is 35.2 Å². The van der Waals surface area contributed by atoms with Crippen LogP contribution in [0.25, 0.3) is 6.08 Å². The van der Waals surface area contributed by atoms with E-state index in [9.17, 15) is 9.59 Å². The van der Waals surface area contributed by atoms with Crippen LogP contribution in [0.4, 0.5) is 0 Å². The number of rotatable bonds is 3. The molecule has 0 unspecified atom stereocenters. The summed E-state index contributed by atoms with van der Waals surface area (Å²) in [5.41, 5.74) is 2.67. The van der Waals surface area contributed by atoms with Gasteiger partial charge in [-0.3, -0.25) is 9.36 Å². The van der Waals surface area contributed by atoms with Gasteiger partial charge in [-0.15, -0.1) is 0 Å². The minimum atomic E-state index is -0.614. The van der Waals surface area contributed by atoms with Gasteiger partial charge in [0.25, 0.3) is 5.56 Å². The number of esters is 1. The topological polar surface area (TPSA) is 73.8 Å². The van der Waals surface area contributed by atoms with E-state index in [0.29, 0.717) is 26.4 Å². The second-order valence-corrected chi connectivity index (χ2v) is 9.47. The molecule has 2 aromatic heterocycles. The number of allylic oxidation sites excluding steroid dienone is 1. The van der Waals surface area contributed by atoms with Crippen molar-refractivity contribution in [1.29, 1.82) is 0 Å². The van der Waals surface area contributed by atoms with Gasteiger partial charge in [-0.25, -0.2) is 9.79 Å². The van der Waals surface area contributed by atoms with Crippen LogP contribution in [-0.4, -0.2) is 17.6 Å². The lowest BCUT2D eigenvalue weighted by Crippen LogP contribution is -2.39. The van der Waals surface area contributed by atoms with Crippen LogP contribution in [0.1, 0.15) is 50.6 Å². The first-order valence-electron chi connectivity index (χ1n) is 9.95. The van der Waals surface area contributed by atoms with E-state index < -0.39 is 12.0 Å². The maximum Gasteiger partial charge on any atom is 0.338 e. The van der Waals surface area contributed by atoms with Gasteiger partial charge in [-0.05, 0) is 35.6 Å². The molecule has 6 nitrogen and oxygen atoms in total. The van der Waals surface area contributed by atoms with Crippen LogP contribution in [0.2, 0.25) is 0 Å². The Morgan fingerprint density at radius 2 is 1.94 bits per heavy atom. The lowest BCUT2D eigenvalue weighted by molar-refractivity contribution is -0.136. The molecule has 0 saturated heterocycles. The van der Waals surface area contributed by atoms with Gasteiger partial charge in [-0.1, -0.05) is 56.4 Å². The van der Waals surface area contributed by atoms with Crippen molar-refractivity contribution in [3.05, 3.63) is 90.5 Å². The Labute approximate surface area is 183 Å².